The molecule has 1 unspecified atom stereocenters. The first-order valence-corrected chi connectivity index (χ1v) is 7.92. The normalized spacial score (nSPS) is 13.1. The molecule has 6 heteroatoms. The number of benzene rings is 2. The van der Waals surface area contributed by atoms with Gasteiger partial charge < -0.3 is 5.73 Å². The van der Waals surface area contributed by atoms with E-state index in [0.29, 0.717) is 5.56 Å². The van der Waals surface area contributed by atoms with Crippen molar-refractivity contribution in [1.29, 1.82) is 0 Å². The first-order chi connectivity index (χ1) is 9.79. The van der Waals surface area contributed by atoms with Gasteiger partial charge in [-0.3, -0.25) is 0 Å². The predicted molar refractivity (Wildman–Crippen MR) is 80.7 cm³/mol. The van der Waals surface area contributed by atoms with Crippen LogP contribution in [0.25, 0.3) is 0 Å². The number of anilines is 1. The van der Waals surface area contributed by atoms with Crippen LogP contribution in [-0.4, -0.2) is 8.42 Å². The highest BCUT2D eigenvalue weighted by atomic mass is 32.2. The van der Waals surface area contributed by atoms with Gasteiger partial charge in [0.2, 0.25) is 10.0 Å². The van der Waals surface area contributed by atoms with Gasteiger partial charge in [-0.05, 0) is 49.2 Å². The second-order valence-corrected chi connectivity index (χ2v) is 6.62. The summed E-state index contributed by atoms with van der Waals surface area (Å²) in [6.07, 6.45) is 0. The third-order valence-corrected chi connectivity index (χ3v) is 4.77. The van der Waals surface area contributed by atoms with Crippen LogP contribution in [0, 0.1) is 12.7 Å². The highest BCUT2D eigenvalue weighted by Crippen LogP contribution is 2.22. The third-order valence-electron chi connectivity index (χ3n) is 3.16. The Balaban J connectivity index is 2.26. The first kappa shape index (κ1) is 15.5. The Bertz CT molecular complexity index is 743. The van der Waals surface area contributed by atoms with Crippen LogP contribution in [0.1, 0.15) is 24.1 Å². The molecule has 0 radical (unpaired) electrons. The molecule has 0 saturated carbocycles. The minimum absolute atomic E-state index is 0.0436. The number of halogens is 1. The lowest BCUT2D eigenvalue weighted by atomic mass is 10.1. The van der Waals surface area contributed by atoms with Crippen LogP contribution in [0.4, 0.5) is 10.1 Å². The van der Waals surface area contributed by atoms with Crippen LogP contribution in [0.5, 0.6) is 0 Å². The van der Waals surface area contributed by atoms with Crippen molar-refractivity contribution < 1.29 is 12.8 Å². The van der Waals surface area contributed by atoms with Crippen molar-refractivity contribution in [3.05, 3.63) is 59.4 Å². The molecule has 0 heterocycles. The molecular weight excluding hydrogens is 291 g/mol. The summed E-state index contributed by atoms with van der Waals surface area (Å²) in [4.78, 5) is 0.0436. The zero-order valence-electron chi connectivity index (χ0n) is 11.8. The van der Waals surface area contributed by atoms with Crippen LogP contribution in [0.2, 0.25) is 0 Å². The summed E-state index contributed by atoms with van der Waals surface area (Å²) in [6.45, 7) is 3.52. The molecule has 1 atom stereocenters. The lowest BCUT2D eigenvalue weighted by Crippen LogP contribution is -2.27. The van der Waals surface area contributed by atoms with E-state index in [2.05, 4.69) is 4.72 Å². The fourth-order valence-corrected chi connectivity index (χ4v) is 3.37. The van der Waals surface area contributed by atoms with E-state index in [1.807, 2.05) is 6.92 Å². The third kappa shape index (κ3) is 3.59. The number of nitrogens with one attached hydrogen (secondary N) is 1. The van der Waals surface area contributed by atoms with Crippen LogP contribution in [0.3, 0.4) is 0 Å². The molecule has 0 aliphatic rings. The Morgan fingerprint density at radius 2 is 1.76 bits per heavy atom. The van der Waals surface area contributed by atoms with Gasteiger partial charge >= 0.3 is 0 Å². The van der Waals surface area contributed by atoms with E-state index in [1.54, 1.807) is 31.2 Å². The van der Waals surface area contributed by atoms with Gasteiger partial charge in [0, 0.05) is 6.04 Å². The summed E-state index contributed by atoms with van der Waals surface area (Å²) < 4.78 is 40.1. The van der Waals surface area contributed by atoms with Crippen molar-refractivity contribution in [1.82, 2.24) is 4.72 Å². The van der Waals surface area contributed by atoms with Gasteiger partial charge in [-0.15, -0.1) is 0 Å². The van der Waals surface area contributed by atoms with Crippen molar-refractivity contribution >= 4 is 15.7 Å². The van der Waals surface area contributed by atoms with Crippen molar-refractivity contribution in [3.63, 3.8) is 0 Å². The molecule has 0 fully saturated rings. The second-order valence-electron chi connectivity index (χ2n) is 4.94. The van der Waals surface area contributed by atoms with Gasteiger partial charge in [0.1, 0.15) is 10.7 Å². The van der Waals surface area contributed by atoms with E-state index >= 15 is 0 Å². The Labute approximate surface area is 123 Å². The molecule has 0 spiro atoms. The van der Waals surface area contributed by atoms with E-state index in [-0.39, 0.29) is 16.4 Å². The van der Waals surface area contributed by atoms with Crippen molar-refractivity contribution in [2.75, 3.05) is 5.73 Å². The summed E-state index contributed by atoms with van der Waals surface area (Å²) >= 11 is 0. The SMILES string of the molecule is Cc1ccc(S(=O)(=O)NC(C)c2ccc(F)cc2)c(N)c1. The molecule has 2 aromatic rings. The van der Waals surface area contributed by atoms with Crippen molar-refractivity contribution in [3.8, 4) is 0 Å². The zero-order valence-corrected chi connectivity index (χ0v) is 12.6. The van der Waals surface area contributed by atoms with Gasteiger partial charge in [0.05, 0.1) is 5.69 Å². The molecule has 0 bridgehead atoms. The number of hydrogen-bond donors (Lipinski definition) is 2. The molecule has 2 aromatic carbocycles. The number of hydrogen-bond acceptors (Lipinski definition) is 3. The van der Waals surface area contributed by atoms with Crippen LogP contribution in [0.15, 0.2) is 47.4 Å². The minimum atomic E-state index is -3.73. The average molecular weight is 308 g/mol. The maximum Gasteiger partial charge on any atom is 0.243 e. The Morgan fingerprint density at radius 3 is 2.33 bits per heavy atom. The molecule has 0 aliphatic carbocycles. The lowest BCUT2D eigenvalue weighted by Gasteiger charge is -2.16. The van der Waals surface area contributed by atoms with Crippen LogP contribution < -0.4 is 10.5 Å². The van der Waals surface area contributed by atoms with E-state index in [0.717, 1.165) is 5.56 Å². The summed E-state index contributed by atoms with van der Waals surface area (Å²) in [6, 6.07) is 9.95. The molecule has 112 valence electrons. The minimum Gasteiger partial charge on any atom is -0.398 e. The molecular formula is C15H17FN2O2S. The molecule has 0 saturated heterocycles. The van der Waals surface area contributed by atoms with E-state index < -0.39 is 16.1 Å². The second kappa shape index (κ2) is 5.83. The smallest absolute Gasteiger partial charge is 0.243 e. The fraction of sp³-hybridized carbons (Fsp3) is 0.200. The quantitative estimate of drug-likeness (QED) is 0.853. The largest absolute Gasteiger partial charge is 0.398 e. The number of nitrogen functional groups attached to an aromatic ring is 1. The molecule has 3 N–H and O–H groups in total. The first-order valence-electron chi connectivity index (χ1n) is 6.43. The van der Waals surface area contributed by atoms with E-state index in [1.165, 1.54) is 18.2 Å². The Kier molecular flexibility index (Phi) is 4.29. The van der Waals surface area contributed by atoms with E-state index in [4.69, 9.17) is 5.73 Å². The molecule has 21 heavy (non-hydrogen) atoms. The summed E-state index contributed by atoms with van der Waals surface area (Å²) in [5.41, 5.74) is 7.53. The summed E-state index contributed by atoms with van der Waals surface area (Å²) in [7, 11) is -3.73. The van der Waals surface area contributed by atoms with Crippen LogP contribution >= 0.6 is 0 Å². The molecule has 0 aromatic heterocycles. The molecule has 0 aliphatic heterocycles. The van der Waals surface area contributed by atoms with Gasteiger partial charge in [-0.2, -0.15) is 0 Å². The van der Waals surface area contributed by atoms with Gasteiger partial charge in [-0.1, -0.05) is 18.2 Å². The van der Waals surface area contributed by atoms with Gasteiger partial charge in [0.25, 0.3) is 0 Å². The fourth-order valence-electron chi connectivity index (χ4n) is 2.03. The summed E-state index contributed by atoms with van der Waals surface area (Å²) in [5.74, 6) is -0.364. The number of sulfonamides is 1. The lowest BCUT2D eigenvalue weighted by molar-refractivity contribution is 0.567. The standard InChI is InChI=1S/C15H17FN2O2S/c1-10-3-8-15(14(17)9-10)21(19,20)18-11(2)12-4-6-13(16)7-5-12/h3-9,11,18H,17H2,1-2H3. The van der Waals surface area contributed by atoms with Crippen LogP contribution in [-0.2, 0) is 10.0 Å². The maximum absolute atomic E-state index is 12.9. The highest BCUT2D eigenvalue weighted by molar-refractivity contribution is 7.89. The van der Waals surface area contributed by atoms with Crippen molar-refractivity contribution in [2.45, 2.75) is 24.8 Å². The predicted octanol–water partition coefficient (Wildman–Crippen LogP) is 2.76. The maximum atomic E-state index is 12.9. The van der Waals surface area contributed by atoms with Gasteiger partial charge in [0.15, 0.2) is 0 Å². The molecule has 0 amide bonds. The highest BCUT2D eigenvalue weighted by Gasteiger charge is 2.20. The Hall–Kier alpha value is -1.92. The topological polar surface area (TPSA) is 72.2 Å². The van der Waals surface area contributed by atoms with Crippen molar-refractivity contribution in [2.24, 2.45) is 0 Å². The number of aryl methyl sites for hydroxylation is 1. The monoisotopic (exact) mass is 308 g/mol. The molecule has 2 rings (SSSR count). The van der Waals surface area contributed by atoms with E-state index in [9.17, 15) is 12.8 Å². The zero-order chi connectivity index (χ0) is 15.6. The number of nitrogens with two attached hydrogens (primary N) is 1. The molecule has 4 nitrogen and oxygen atoms in total. The van der Waals surface area contributed by atoms with Gasteiger partial charge in [-0.25, -0.2) is 17.5 Å². The Morgan fingerprint density at radius 1 is 1.14 bits per heavy atom. The number of rotatable bonds is 4. The summed E-state index contributed by atoms with van der Waals surface area (Å²) in [5, 5.41) is 0. The average Bonchev–Trinajstić information content (AvgIpc) is 2.38.